The molecule has 8 aromatic rings. The maximum absolute atomic E-state index is 12.9. The van der Waals surface area contributed by atoms with E-state index >= 15 is 0 Å². The highest BCUT2D eigenvalue weighted by molar-refractivity contribution is 6.16. The number of nitrogens with zero attached hydrogens (tertiary/aromatic N) is 11. The molecule has 0 saturated carbocycles. The van der Waals surface area contributed by atoms with Gasteiger partial charge in [-0.3, -0.25) is 14.5 Å². The molecule has 0 spiro atoms. The summed E-state index contributed by atoms with van der Waals surface area (Å²) in [5.41, 5.74) is 5.14. The van der Waals surface area contributed by atoms with Gasteiger partial charge in [-0.15, -0.1) is 11.6 Å². The van der Waals surface area contributed by atoms with E-state index in [1.807, 2.05) is 48.0 Å². The van der Waals surface area contributed by atoms with Gasteiger partial charge in [-0.2, -0.15) is 10.2 Å². The number of aryl methyl sites for hydroxylation is 2. The third-order valence-corrected chi connectivity index (χ3v) is 14.5. The molecule has 4 aliphatic heterocycles. The number of para-hydroxylation sites is 4. The maximum Gasteiger partial charge on any atom is 0.276 e. The van der Waals surface area contributed by atoms with Gasteiger partial charge in [-0.1, -0.05) is 38.1 Å². The second kappa shape index (κ2) is 19.4. The predicted molar refractivity (Wildman–Crippen MR) is 256 cm³/mol. The van der Waals surface area contributed by atoms with Crippen molar-refractivity contribution < 1.29 is 9.47 Å². The summed E-state index contributed by atoms with van der Waals surface area (Å²) in [7, 11) is 4.05. The first-order valence-electron chi connectivity index (χ1n) is 23.6. The summed E-state index contributed by atoms with van der Waals surface area (Å²) in [6.45, 7) is 11.7. The second-order valence-corrected chi connectivity index (χ2v) is 18.9. The highest BCUT2D eigenvalue weighted by Crippen LogP contribution is 2.33. The van der Waals surface area contributed by atoms with Crippen LogP contribution in [0.25, 0.3) is 33.1 Å². The van der Waals surface area contributed by atoms with Crippen molar-refractivity contribution in [3.05, 3.63) is 117 Å². The van der Waals surface area contributed by atoms with E-state index in [1.165, 1.54) is 0 Å². The number of likely N-dealkylation sites (tertiary alicyclic amines) is 1. The number of aromatic amines is 2. The van der Waals surface area contributed by atoms with E-state index in [2.05, 4.69) is 72.7 Å². The molecule has 0 amide bonds. The van der Waals surface area contributed by atoms with Crippen LogP contribution in [0.3, 0.4) is 0 Å². The molecule has 4 fully saturated rings. The number of hydrogen-bond acceptors (Lipinski definition) is 12. The zero-order chi connectivity index (χ0) is 46.2. The lowest BCUT2D eigenvalue weighted by atomic mass is 9.97. The summed E-state index contributed by atoms with van der Waals surface area (Å²) in [4.78, 5) is 51.9. The quantitative estimate of drug-likeness (QED) is 0.173. The van der Waals surface area contributed by atoms with Gasteiger partial charge in [0.25, 0.3) is 11.1 Å². The van der Waals surface area contributed by atoms with Crippen molar-refractivity contribution in [1.82, 2.24) is 68.5 Å². The average molecular weight is 932 g/mol. The summed E-state index contributed by atoms with van der Waals surface area (Å²) in [5, 5.41) is 13.0. The van der Waals surface area contributed by atoms with Crippen molar-refractivity contribution >= 4 is 44.7 Å². The van der Waals surface area contributed by atoms with E-state index in [4.69, 9.17) is 36.3 Å². The molecule has 352 valence electrons. The number of hydrogen-bond donors (Lipinski definition) is 3. The minimum Gasteiger partial charge on any atom is -0.381 e. The number of benzene rings is 2. The van der Waals surface area contributed by atoms with Crippen LogP contribution < -0.4 is 16.4 Å². The molecule has 4 aliphatic rings. The molecule has 0 aliphatic carbocycles. The zero-order valence-corrected chi connectivity index (χ0v) is 39.3. The number of H-pyrrole nitrogens is 2. The molecule has 10 heterocycles. The molecule has 4 unspecified atom stereocenters. The lowest BCUT2D eigenvalue weighted by molar-refractivity contribution is 0.0831. The normalized spacial score (nSPS) is 21.9. The summed E-state index contributed by atoms with van der Waals surface area (Å²) in [6.07, 6.45) is 6.98. The van der Waals surface area contributed by atoms with Gasteiger partial charge in [-0.25, -0.2) is 29.0 Å². The van der Waals surface area contributed by atoms with Gasteiger partial charge in [-0.05, 0) is 68.3 Å². The number of fused-ring (bicyclic) bond motifs is 4. The monoisotopic (exact) mass is 930 g/mol. The highest BCUT2D eigenvalue weighted by Gasteiger charge is 2.35. The molecule has 18 nitrogen and oxygen atoms in total. The van der Waals surface area contributed by atoms with Crippen molar-refractivity contribution in [2.24, 2.45) is 25.9 Å². The first-order valence-corrected chi connectivity index (χ1v) is 24.1. The van der Waals surface area contributed by atoms with E-state index in [9.17, 15) is 9.59 Å². The van der Waals surface area contributed by atoms with Crippen molar-refractivity contribution in [3.8, 4) is 0 Å². The fourth-order valence-electron chi connectivity index (χ4n) is 10.2. The van der Waals surface area contributed by atoms with Crippen LogP contribution in [-0.2, 0) is 36.0 Å². The largest absolute Gasteiger partial charge is 0.381 e. The van der Waals surface area contributed by atoms with Gasteiger partial charge in [0.05, 0.1) is 46.9 Å². The van der Waals surface area contributed by atoms with Crippen LogP contribution in [-0.4, -0.2) is 116 Å². The Bertz CT molecular complexity index is 3120. The van der Waals surface area contributed by atoms with Crippen molar-refractivity contribution in [1.29, 1.82) is 0 Å². The van der Waals surface area contributed by atoms with Gasteiger partial charge in [0.15, 0.2) is 11.0 Å². The predicted octanol–water partition coefficient (Wildman–Crippen LogP) is 5.38. The molecule has 67 heavy (non-hydrogen) atoms. The van der Waals surface area contributed by atoms with Gasteiger partial charge < -0.3 is 33.9 Å². The van der Waals surface area contributed by atoms with Crippen LogP contribution in [0, 0.1) is 11.8 Å². The van der Waals surface area contributed by atoms with Crippen molar-refractivity contribution in [3.63, 3.8) is 0 Å². The smallest absolute Gasteiger partial charge is 0.276 e. The lowest BCUT2D eigenvalue weighted by Gasteiger charge is -2.21. The summed E-state index contributed by atoms with van der Waals surface area (Å²) >= 11 is 5.72. The Morgan fingerprint density at radius 1 is 0.642 bits per heavy atom. The molecule has 19 heteroatoms. The van der Waals surface area contributed by atoms with Crippen LogP contribution in [0.15, 0.2) is 70.5 Å². The Morgan fingerprint density at radius 2 is 1.15 bits per heavy atom. The third kappa shape index (κ3) is 9.04. The third-order valence-electron chi connectivity index (χ3n) is 14.2. The van der Waals surface area contributed by atoms with Gasteiger partial charge in [0.2, 0.25) is 0 Å². The molecule has 6 aromatic heterocycles. The first-order chi connectivity index (χ1) is 32.6. The van der Waals surface area contributed by atoms with E-state index in [0.717, 1.165) is 142 Å². The highest BCUT2D eigenvalue weighted by atomic mass is 35.5. The average Bonchev–Trinajstić information content (AvgIpc) is 4.23. The van der Waals surface area contributed by atoms with Crippen molar-refractivity contribution in [2.45, 2.75) is 75.6 Å². The number of ether oxygens (including phenoxy) is 2. The van der Waals surface area contributed by atoms with Crippen LogP contribution in [0.2, 0.25) is 0 Å². The van der Waals surface area contributed by atoms with Crippen LogP contribution in [0.4, 0.5) is 0 Å². The molecule has 3 N–H and O–H groups in total. The fraction of sp³-hybridized carbons (Fsp3) is 0.500. The summed E-state index contributed by atoms with van der Waals surface area (Å²) in [5.74, 6) is 7.55. The maximum atomic E-state index is 12.9. The summed E-state index contributed by atoms with van der Waals surface area (Å²) in [6, 6.07) is 16.2. The molecule has 12 rings (SSSR count). The van der Waals surface area contributed by atoms with Gasteiger partial charge in [0.1, 0.15) is 34.9 Å². The number of rotatable bonds is 7. The van der Waals surface area contributed by atoms with E-state index < -0.39 is 0 Å². The SMILES string of the molecule is CC1CN(Cc2nc3ccccc3n2C)CC1c1nn2c(C3CCOCC3)ncc2c(=O)[nH]1.CC1CNCC1c1nn2c(C3CCOCC3)ncc2c(=O)[nH]1.Cn1c(CCl)nc2ccccc21. The Labute approximate surface area is 392 Å². The second-order valence-electron chi connectivity index (χ2n) is 18.6. The number of aromatic nitrogens is 12. The summed E-state index contributed by atoms with van der Waals surface area (Å²) < 4.78 is 18.7. The molecule has 0 bridgehead atoms. The number of alkyl halides is 1. The lowest BCUT2D eigenvalue weighted by Crippen LogP contribution is -2.24. The Hall–Kier alpha value is -5.79. The molecular weight excluding hydrogens is 872 g/mol. The van der Waals surface area contributed by atoms with Gasteiger partial charge >= 0.3 is 0 Å². The number of imidazole rings is 4. The molecule has 4 atom stereocenters. The van der Waals surface area contributed by atoms with Crippen LogP contribution >= 0.6 is 11.6 Å². The Morgan fingerprint density at radius 3 is 1.66 bits per heavy atom. The minimum atomic E-state index is -0.119. The standard InChI is InChI=1S/C24H29N7O2.C15H21N5O2.C9H9ClN2/c1-15-12-30(14-21-26-18-5-3-4-6-19(18)29(21)2)13-17(15)22-27-24(32)20-11-25-23(31(20)28-22)16-7-9-33-10-8-16;1-9-6-16-7-11(9)13-18-15(21)12-8-17-14(20(12)19-13)10-2-4-22-5-3-10;1-12-8-5-3-2-4-7(8)11-9(12)6-10/h3-6,11,15-17H,7-10,12-14H2,1-2H3,(H,27,28,32);8-11,16H,2-7H2,1H3,(H,18,19,21);2-5H,6H2,1H3. The number of halogens is 1. The topological polar surface area (TPSA) is 195 Å². The van der Waals surface area contributed by atoms with E-state index in [-0.39, 0.29) is 28.9 Å². The zero-order valence-electron chi connectivity index (χ0n) is 38.6. The Kier molecular flexibility index (Phi) is 13.1. The molecule has 0 radical (unpaired) electrons. The molecule has 4 saturated heterocycles. The van der Waals surface area contributed by atoms with E-state index in [1.54, 1.807) is 21.4 Å². The van der Waals surface area contributed by atoms with Crippen LogP contribution in [0.1, 0.15) is 98.1 Å². The number of nitrogens with one attached hydrogen (secondary N) is 3. The van der Waals surface area contributed by atoms with E-state index in [0.29, 0.717) is 34.7 Å². The fourth-order valence-corrected chi connectivity index (χ4v) is 10.5. The molecule has 2 aromatic carbocycles. The van der Waals surface area contributed by atoms with Gasteiger partial charge in [0, 0.05) is 83.8 Å². The Balaban J connectivity index is 0.000000132. The first kappa shape index (κ1) is 45.0. The van der Waals surface area contributed by atoms with Crippen molar-refractivity contribution in [2.75, 3.05) is 52.6 Å². The van der Waals surface area contributed by atoms with Crippen LogP contribution in [0.5, 0.6) is 0 Å². The molecular formula is C48H59ClN14O4. The minimum absolute atomic E-state index is 0.102.